The summed E-state index contributed by atoms with van der Waals surface area (Å²) in [6.45, 7) is 4.45. The van der Waals surface area contributed by atoms with Gasteiger partial charge in [-0.1, -0.05) is 30.3 Å². The molecule has 37 heavy (non-hydrogen) atoms. The molecule has 1 saturated heterocycles. The summed E-state index contributed by atoms with van der Waals surface area (Å²) >= 11 is 0. The number of nitrogens with one attached hydrogen (secondary N) is 2. The number of nitrogens with zero attached hydrogens (tertiary/aromatic N) is 4. The lowest BCUT2D eigenvalue weighted by molar-refractivity contribution is -0.114. The van der Waals surface area contributed by atoms with Crippen LogP contribution in [-0.4, -0.2) is 52.9 Å². The van der Waals surface area contributed by atoms with Gasteiger partial charge < -0.3 is 20.4 Å². The number of aromatic nitrogens is 2. The highest BCUT2D eigenvalue weighted by Crippen LogP contribution is 2.24. The van der Waals surface area contributed by atoms with E-state index in [0.29, 0.717) is 19.0 Å². The van der Waals surface area contributed by atoms with Crippen LogP contribution in [0.4, 0.5) is 23.0 Å². The minimum atomic E-state index is -0.104. The van der Waals surface area contributed by atoms with Crippen molar-refractivity contribution in [3.8, 4) is 11.3 Å². The van der Waals surface area contributed by atoms with E-state index in [0.717, 1.165) is 47.0 Å². The second-order valence-corrected chi connectivity index (χ2v) is 8.84. The summed E-state index contributed by atoms with van der Waals surface area (Å²) in [4.78, 5) is 37.1. The molecule has 2 N–H and O–H groups in total. The molecular weight excluding hydrogens is 464 g/mol. The fourth-order valence-corrected chi connectivity index (χ4v) is 4.32. The van der Waals surface area contributed by atoms with Crippen LogP contribution < -0.4 is 15.5 Å². The number of carbonyl (C=O) groups is 2. The maximum absolute atomic E-state index is 12.7. The zero-order chi connectivity index (χ0) is 25.6. The smallest absolute Gasteiger partial charge is 0.253 e. The van der Waals surface area contributed by atoms with E-state index in [1.807, 2.05) is 77.7 Å². The molecule has 1 aliphatic heterocycles. The Bertz CT molecular complexity index is 1370. The number of hydrogen-bond donors (Lipinski definition) is 2. The average Bonchev–Trinajstić information content (AvgIpc) is 2.94. The molecule has 2 heterocycles. The highest BCUT2D eigenvalue weighted by Gasteiger charge is 2.22. The number of rotatable bonds is 6. The number of hydrogen-bond acceptors (Lipinski definition) is 6. The quantitative estimate of drug-likeness (QED) is 0.402. The van der Waals surface area contributed by atoms with E-state index in [2.05, 4.69) is 37.6 Å². The van der Waals surface area contributed by atoms with Crippen molar-refractivity contribution in [3.63, 3.8) is 0 Å². The average molecular weight is 493 g/mol. The Kier molecular flexibility index (Phi) is 7.07. The third-order valence-corrected chi connectivity index (χ3v) is 6.23. The molecule has 5 rings (SSSR count). The highest BCUT2D eigenvalue weighted by molar-refractivity contribution is 5.94. The van der Waals surface area contributed by atoms with Gasteiger partial charge >= 0.3 is 0 Å². The van der Waals surface area contributed by atoms with E-state index in [9.17, 15) is 9.59 Å². The number of piperazine rings is 1. The van der Waals surface area contributed by atoms with E-state index in [4.69, 9.17) is 0 Å². The van der Waals surface area contributed by atoms with Crippen LogP contribution in [0.15, 0.2) is 91.1 Å². The van der Waals surface area contributed by atoms with Crippen LogP contribution in [0.25, 0.3) is 11.3 Å². The Labute approximate surface area is 216 Å². The zero-order valence-electron chi connectivity index (χ0n) is 20.6. The van der Waals surface area contributed by atoms with Gasteiger partial charge in [0.15, 0.2) is 0 Å². The lowest BCUT2D eigenvalue weighted by atomic mass is 10.1. The molecule has 1 aliphatic rings. The normalized spacial score (nSPS) is 13.2. The first-order valence-corrected chi connectivity index (χ1v) is 12.2. The summed E-state index contributed by atoms with van der Waals surface area (Å²) in [7, 11) is 0. The monoisotopic (exact) mass is 492 g/mol. The molecule has 0 unspecified atom stereocenters. The Morgan fingerprint density at radius 3 is 2.14 bits per heavy atom. The number of benzene rings is 3. The summed E-state index contributed by atoms with van der Waals surface area (Å²) in [6.07, 6.45) is 1.72. The Balaban J connectivity index is 1.19. The van der Waals surface area contributed by atoms with E-state index >= 15 is 0 Å². The standard InChI is InChI=1S/C29H28N6O2/c1-21(36)31-24-9-7-22(8-10-24)27-15-16-30-29(33-27)32-25-11-13-26(14-12-25)34-17-19-35(20-18-34)28(37)23-5-3-2-4-6-23/h2-16H,17-20H2,1H3,(H,31,36)(H,30,32,33). The zero-order valence-corrected chi connectivity index (χ0v) is 20.6. The number of amides is 2. The SMILES string of the molecule is CC(=O)Nc1ccc(-c2ccnc(Nc3ccc(N4CCN(C(=O)c5ccccc5)CC4)cc3)n2)cc1. The summed E-state index contributed by atoms with van der Waals surface area (Å²) in [5.74, 6) is 0.489. The third-order valence-electron chi connectivity index (χ3n) is 6.23. The molecule has 0 aliphatic carbocycles. The molecule has 2 amide bonds. The largest absolute Gasteiger partial charge is 0.368 e. The van der Waals surface area contributed by atoms with Crippen molar-refractivity contribution >= 4 is 34.8 Å². The van der Waals surface area contributed by atoms with Gasteiger partial charge in [-0.2, -0.15) is 0 Å². The Hall–Kier alpha value is -4.72. The van der Waals surface area contributed by atoms with Gasteiger partial charge in [0.1, 0.15) is 0 Å². The number of anilines is 4. The van der Waals surface area contributed by atoms with E-state index in [-0.39, 0.29) is 11.8 Å². The van der Waals surface area contributed by atoms with Crippen LogP contribution in [-0.2, 0) is 4.79 Å². The molecule has 0 radical (unpaired) electrons. The van der Waals surface area contributed by atoms with Crippen molar-refractivity contribution < 1.29 is 9.59 Å². The van der Waals surface area contributed by atoms with Crippen LogP contribution in [0, 0.1) is 0 Å². The first kappa shape index (κ1) is 24.0. The summed E-state index contributed by atoms with van der Waals surface area (Å²) in [5.41, 5.74) is 5.20. The van der Waals surface area contributed by atoms with Crippen LogP contribution in [0.3, 0.4) is 0 Å². The van der Waals surface area contributed by atoms with Crippen molar-refractivity contribution in [2.24, 2.45) is 0 Å². The predicted octanol–water partition coefficient (Wildman–Crippen LogP) is 4.81. The highest BCUT2D eigenvalue weighted by atomic mass is 16.2. The fourth-order valence-electron chi connectivity index (χ4n) is 4.32. The Morgan fingerprint density at radius 2 is 1.46 bits per heavy atom. The van der Waals surface area contributed by atoms with Crippen LogP contribution in [0.1, 0.15) is 17.3 Å². The predicted molar refractivity (Wildman–Crippen MR) is 146 cm³/mol. The molecule has 8 nitrogen and oxygen atoms in total. The molecule has 8 heteroatoms. The molecule has 0 atom stereocenters. The van der Waals surface area contributed by atoms with Gasteiger partial charge in [0.05, 0.1) is 5.69 Å². The maximum Gasteiger partial charge on any atom is 0.253 e. The molecule has 0 saturated carbocycles. The van der Waals surface area contributed by atoms with Gasteiger partial charge in [-0.15, -0.1) is 0 Å². The van der Waals surface area contributed by atoms with Crippen molar-refractivity contribution in [2.75, 3.05) is 41.7 Å². The molecule has 3 aromatic carbocycles. The van der Waals surface area contributed by atoms with E-state index in [1.165, 1.54) is 6.92 Å². The minimum absolute atomic E-state index is 0.0886. The van der Waals surface area contributed by atoms with Crippen molar-refractivity contribution in [1.82, 2.24) is 14.9 Å². The second-order valence-electron chi connectivity index (χ2n) is 8.84. The van der Waals surface area contributed by atoms with Gasteiger partial charge in [-0.25, -0.2) is 9.97 Å². The maximum atomic E-state index is 12.7. The van der Waals surface area contributed by atoms with Gasteiger partial charge in [0, 0.05) is 67.5 Å². The first-order valence-electron chi connectivity index (χ1n) is 12.2. The third kappa shape index (κ3) is 5.92. The second kappa shape index (κ2) is 10.9. The summed E-state index contributed by atoms with van der Waals surface area (Å²) in [5, 5.41) is 6.04. The molecule has 4 aromatic rings. The van der Waals surface area contributed by atoms with Crippen molar-refractivity contribution in [3.05, 3.63) is 96.7 Å². The van der Waals surface area contributed by atoms with Gasteiger partial charge in [-0.3, -0.25) is 9.59 Å². The fraction of sp³-hybridized carbons (Fsp3) is 0.172. The summed E-state index contributed by atoms with van der Waals surface area (Å²) in [6, 6.07) is 27.0. The van der Waals surface area contributed by atoms with Gasteiger partial charge in [0.2, 0.25) is 11.9 Å². The molecule has 0 spiro atoms. The van der Waals surface area contributed by atoms with E-state index in [1.54, 1.807) is 6.20 Å². The molecule has 186 valence electrons. The first-order chi connectivity index (χ1) is 18.0. The molecule has 1 fully saturated rings. The molecule has 1 aromatic heterocycles. The van der Waals surface area contributed by atoms with Gasteiger partial charge in [-0.05, 0) is 54.6 Å². The van der Waals surface area contributed by atoms with Crippen LogP contribution >= 0.6 is 0 Å². The lowest BCUT2D eigenvalue weighted by Gasteiger charge is -2.36. The van der Waals surface area contributed by atoms with E-state index < -0.39 is 0 Å². The molecular formula is C29H28N6O2. The molecule has 0 bridgehead atoms. The number of carbonyl (C=O) groups excluding carboxylic acids is 2. The minimum Gasteiger partial charge on any atom is -0.368 e. The van der Waals surface area contributed by atoms with Crippen molar-refractivity contribution in [2.45, 2.75) is 6.92 Å². The topological polar surface area (TPSA) is 90.5 Å². The van der Waals surface area contributed by atoms with Crippen molar-refractivity contribution in [1.29, 1.82) is 0 Å². The lowest BCUT2D eigenvalue weighted by Crippen LogP contribution is -2.48. The van der Waals surface area contributed by atoms with Crippen LogP contribution in [0.2, 0.25) is 0 Å². The summed E-state index contributed by atoms with van der Waals surface area (Å²) < 4.78 is 0. The van der Waals surface area contributed by atoms with Crippen LogP contribution in [0.5, 0.6) is 0 Å². The Morgan fingerprint density at radius 1 is 0.784 bits per heavy atom. The van der Waals surface area contributed by atoms with Gasteiger partial charge in [0.25, 0.3) is 5.91 Å².